The number of guanidine groups is 1. The number of hydrogen-bond acceptors (Lipinski definition) is 4. The smallest absolute Gasteiger partial charge is 0.409 e. The van der Waals surface area contributed by atoms with Gasteiger partial charge in [-0.25, -0.2) is 9.79 Å². The summed E-state index contributed by atoms with van der Waals surface area (Å²) in [5, 5.41) is 5.95. The van der Waals surface area contributed by atoms with Crippen LogP contribution in [0.1, 0.15) is 25.3 Å². The van der Waals surface area contributed by atoms with Gasteiger partial charge in [0.25, 0.3) is 0 Å². The fraction of sp³-hybridized carbons (Fsp3) is 0.526. The topological polar surface area (TPSA) is 109 Å². The van der Waals surface area contributed by atoms with Crippen LogP contribution < -0.4 is 16.4 Å². The van der Waals surface area contributed by atoms with E-state index in [0.29, 0.717) is 26.2 Å². The van der Waals surface area contributed by atoms with Gasteiger partial charge in [-0.1, -0.05) is 30.3 Å². The Hall–Kier alpha value is -2.04. The lowest BCUT2D eigenvalue weighted by atomic mass is 10.1. The predicted molar refractivity (Wildman–Crippen MR) is 120 cm³/mol. The van der Waals surface area contributed by atoms with Gasteiger partial charge in [-0.15, -0.1) is 24.0 Å². The number of nitrogens with zero attached hydrogens (tertiary/aromatic N) is 2. The summed E-state index contributed by atoms with van der Waals surface area (Å²) in [6, 6.07) is 10.1. The molecule has 156 valence electrons. The van der Waals surface area contributed by atoms with Crippen molar-refractivity contribution in [3.8, 4) is 0 Å². The number of rotatable bonds is 7. The fourth-order valence-corrected chi connectivity index (χ4v) is 2.88. The number of nitrogens with one attached hydrogen (secondary N) is 2. The third-order valence-electron chi connectivity index (χ3n) is 4.34. The molecule has 2 rings (SSSR count). The van der Waals surface area contributed by atoms with Gasteiger partial charge < -0.3 is 26.0 Å². The average Bonchev–Trinajstić information content (AvgIpc) is 2.68. The van der Waals surface area contributed by atoms with Crippen molar-refractivity contribution in [2.75, 3.05) is 32.8 Å². The summed E-state index contributed by atoms with van der Waals surface area (Å²) >= 11 is 0. The zero-order chi connectivity index (χ0) is 19.5. The summed E-state index contributed by atoms with van der Waals surface area (Å²) in [6.07, 6.45) is 2.03. The van der Waals surface area contributed by atoms with E-state index in [1.54, 1.807) is 11.8 Å². The summed E-state index contributed by atoms with van der Waals surface area (Å²) < 4.78 is 5.00. The third kappa shape index (κ3) is 8.77. The number of ether oxygens (including phenoxy) is 1. The van der Waals surface area contributed by atoms with Gasteiger partial charge in [0.2, 0.25) is 5.91 Å². The molecular formula is C19H30IN5O3. The van der Waals surface area contributed by atoms with Crippen LogP contribution >= 0.6 is 24.0 Å². The number of amides is 2. The molecule has 1 fully saturated rings. The van der Waals surface area contributed by atoms with Crippen LogP contribution in [0.25, 0.3) is 0 Å². The molecule has 0 radical (unpaired) electrons. The van der Waals surface area contributed by atoms with Gasteiger partial charge in [0.15, 0.2) is 5.96 Å². The summed E-state index contributed by atoms with van der Waals surface area (Å²) in [5.74, 6) is 0.0932. The predicted octanol–water partition coefficient (Wildman–Crippen LogP) is 1.49. The lowest BCUT2D eigenvalue weighted by Crippen LogP contribution is -2.48. The van der Waals surface area contributed by atoms with Crippen molar-refractivity contribution < 1.29 is 14.3 Å². The van der Waals surface area contributed by atoms with Crippen LogP contribution in [0, 0.1) is 0 Å². The number of benzene rings is 1. The number of piperidine rings is 1. The molecule has 1 heterocycles. The van der Waals surface area contributed by atoms with Crippen LogP contribution in [0.3, 0.4) is 0 Å². The molecule has 0 spiro atoms. The van der Waals surface area contributed by atoms with Crippen LogP contribution in [-0.4, -0.2) is 61.7 Å². The monoisotopic (exact) mass is 503 g/mol. The second-order valence-corrected chi connectivity index (χ2v) is 6.39. The molecule has 0 atom stereocenters. The lowest BCUT2D eigenvalue weighted by molar-refractivity contribution is -0.119. The lowest BCUT2D eigenvalue weighted by Gasteiger charge is -2.31. The van der Waals surface area contributed by atoms with Gasteiger partial charge in [0, 0.05) is 25.7 Å². The van der Waals surface area contributed by atoms with Gasteiger partial charge in [-0.3, -0.25) is 4.79 Å². The van der Waals surface area contributed by atoms with E-state index in [2.05, 4.69) is 15.6 Å². The third-order valence-corrected chi connectivity index (χ3v) is 4.34. The molecule has 0 aliphatic carbocycles. The Morgan fingerprint density at radius 2 is 1.93 bits per heavy atom. The number of halogens is 1. The molecule has 28 heavy (non-hydrogen) atoms. The zero-order valence-corrected chi connectivity index (χ0v) is 18.6. The van der Waals surface area contributed by atoms with Gasteiger partial charge in [0.05, 0.1) is 6.61 Å². The average molecular weight is 503 g/mol. The van der Waals surface area contributed by atoms with E-state index in [4.69, 9.17) is 10.5 Å². The molecule has 0 bridgehead atoms. The minimum absolute atomic E-state index is 0. The molecule has 0 aromatic heterocycles. The molecule has 1 aromatic rings. The first-order valence-corrected chi connectivity index (χ1v) is 9.37. The summed E-state index contributed by atoms with van der Waals surface area (Å²) in [7, 11) is 0. The maximum Gasteiger partial charge on any atom is 0.409 e. The SMILES string of the molecule is CCOC(=O)N1CCC(NC(N)=NCC(=O)NCCc2ccccc2)CC1.I. The van der Waals surface area contributed by atoms with E-state index in [0.717, 1.165) is 19.3 Å². The van der Waals surface area contributed by atoms with Crippen LogP contribution in [-0.2, 0) is 16.0 Å². The van der Waals surface area contributed by atoms with Crippen molar-refractivity contribution in [1.29, 1.82) is 0 Å². The number of carbonyl (C=O) groups is 2. The summed E-state index contributed by atoms with van der Waals surface area (Å²) in [6.45, 7) is 3.96. The Morgan fingerprint density at radius 3 is 2.57 bits per heavy atom. The Labute approximate surface area is 183 Å². The second kappa shape index (κ2) is 13.2. The molecule has 8 nitrogen and oxygen atoms in total. The Balaban J connectivity index is 0.00000392. The molecule has 2 amide bonds. The van der Waals surface area contributed by atoms with Crippen molar-refractivity contribution >= 4 is 41.9 Å². The second-order valence-electron chi connectivity index (χ2n) is 6.39. The summed E-state index contributed by atoms with van der Waals surface area (Å²) in [4.78, 5) is 29.3. The molecule has 1 aliphatic rings. The van der Waals surface area contributed by atoms with Crippen LogP contribution in [0.5, 0.6) is 0 Å². The summed E-state index contributed by atoms with van der Waals surface area (Å²) in [5.41, 5.74) is 7.05. The standard InChI is InChI=1S/C19H29N5O3.HI/c1-2-27-19(26)24-12-9-16(10-13-24)23-18(20)22-14-17(25)21-11-8-15-6-4-3-5-7-15;/h3-7,16H,2,8-14H2,1H3,(H,21,25)(H3,20,22,23);1H. The quantitative estimate of drug-likeness (QED) is 0.297. The van der Waals surface area contributed by atoms with Crippen LogP contribution in [0.2, 0.25) is 0 Å². The molecule has 0 unspecified atom stereocenters. The molecule has 1 saturated heterocycles. The molecule has 1 aromatic carbocycles. The highest BCUT2D eigenvalue weighted by molar-refractivity contribution is 14.0. The van der Waals surface area contributed by atoms with E-state index in [-0.39, 0.29) is 54.5 Å². The maximum atomic E-state index is 11.8. The van der Waals surface area contributed by atoms with Gasteiger partial charge in [-0.05, 0) is 31.7 Å². The molecule has 1 aliphatic heterocycles. The van der Waals surface area contributed by atoms with Crippen molar-refractivity contribution in [2.45, 2.75) is 32.2 Å². The number of nitrogens with two attached hydrogens (primary N) is 1. The highest BCUT2D eigenvalue weighted by Gasteiger charge is 2.23. The highest BCUT2D eigenvalue weighted by Crippen LogP contribution is 2.11. The normalized spacial score (nSPS) is 14.8. The number of carbonyl (C=O) groups excluding carboxylic acids is 2. The van der Waals surface area contributed by atoms with E-state index >= 15 is 0 Å². The van der Waals surface area contributed by atoms with Crippen LogP contribution in [0.15, 0.2) is 35.3 Å². The van der Waals surface area contributed by atoms with E-state index in [1.165, 1.54) is 5.56 Å². The Morgan fingerprint density at radius 1 is 1.25 bits per heavy atom. The first-order chi connectivity index (χ1) is 13.1. The number of hydrogen-bond donors (Lipinski definition) is 3. The van der Waals surface area contributed by atoms with Gasteiger partial charge in [0.1, 0.15) is 6.54 Å². The highest BCUT2D eigenvalue weighted by atomic mass is 127. The molecule has 4 N–H and O–H groups in total. The van der Waals surface area contributed by atoms with Gasteiger partial charge >= 0.3 is 6.09 Å². The van der Waals surface area contributed by atoms with Crippen molar-refractivity contribution in [3.63, 3.8) is 0 Å². The zero-order valence-electron chi connectivity index (χ0n) is 16.2. The van der Waals surface area contributed by atoms with Gasteiger partial charge in [-0.2, -0.15) is 0 Å². The van der Waals surface area contributed by atoms with E-state index in [1.807, 2.05) is 30.3 Å². The minimum Gasteiger partial charge on any atom is -0.450 e. The van der Waals surface area contributed by atoms with Crippen molar-refractivity contribution in [1.82, 2.24) is 15.5 Å². The van der Waals surface area contributed by atoms with Crippen LogP contribution in [0.4, 0.5) is 4.79 Å². The number of aliphatic imine (C=N–C) groups is 1. The van der Waals surface area contributed by atoms with Crippen molar-refractivity contribution in [3.05, 3.63) is 35.9 Å². The maximum absolute atomic E-state index is 11.8. The largest absolute Gasteiger partial charge is 0.450 e. The van der Waals surface area contributed by atoms with E-state index < -0.39 is 0 Å². The van der Waals surface area contributed by atoms with Crippen molar-refractivity contribution in [2.24, 2.45) is 10.7 Å². The molecule has 9 heteroatoms. The fourth-order valence-electron chi connectivity index (χ4n) is 2.88. The first kappa shape index (κ1) is 24.0. The van der Waals surface area contributed by atoms with E-state index in [9.17, 15) is 9.59 Å². The number of likely N-dealkylation sites (tertiary alicyclic amines) is 1. The Kier molecular flexibility index (Phi) is 11.3. The molecule has 0 saturated carbocycles. The Bertz CT molecular complexity index is 634. The molecular weight excluding hydrogens is 473 g/mol. The minimum atomic E-state index is -0.273. The first-order valence-electron chi connectivity index (χ1n) is 9.37.